The molecule has 4 rings (SSSR count). The molecule has 1 fully saturated rings. The molecule has 5 nitrogen and oxygen atoms in total. The molecular formula is C24H27N3O2S. The smallest absolute Gasteiger partial charge is 0.253 e. The summed E-state index contributed by atoms with van der Waals surface area (Å²) in [6, 6.07) is 16.1. The fourth-order valence-electron chi connectivity index (χ4n) is 3.84. The molecule has 2 heterocycles. The summed E-state index contributed by atoms with van der Waals surface area (Å²) in [4.78, 5) is 17.9. The number of thiocarbonyl (C=S) groups is 1. The highest BCUT2D eigenvalue weighted by atomic mass is 32.1. The molecule has 1 aromatic heterocycles. The van der Waals surface area contributed by atoms with Crippen LogP contribution in [0.5, 0.6) is 0 Å². The van der Waals surface area contributed by atoms with Crippen molar-refractivity contribution in [1.82, 2.24) is 9.88 Å². The van der Waals surface area contributed by atoms with Crippen LogP contribution >= 0.6 is 12.2 Å². The first-order valence-electron chi connectivity index (χ1n) is 10.4. The molecule has 0 aliphatic carbocycles. The number of pyridine rings is 1. The molecular weight excluding hydrogens is 394 g/mol. The van der Waals surface area contributed by atoms with E-state index in [1.165, 1.54) is 5.56 Å². The van der Waals surface area contributed by atoms with Crippen molar-refractivity contribution in [3.8, 4) is 0 Å². The van der Waals surface area contributed by atoms with E-state index in [1.54, 1.807) is 0 Å². The number of aromatic amines is 1. The highest BCUT2D eigenvalue weighted by Gasteiger charge is 2.22. The fourth-order valence-corrected chi connectivity index (χ4v) is 4.10. The van der Waals surface area contributed by atoms with E-state index in [0.29, 0.717) is 23.8 Å². The Kier molecular flexibility index (Phi) is 6.16. The van der Waals surface area contributed by atoms with E-state index in [0.717, 1.165) is 41.6 Å². The third kappa shape index (κ3) is 4.71. The maximum absolute atomic E-state index is 12.8. The van der Waals surface area contributed by atoms with Crippen molar-refractivity contribution in [2.45, 2.75) is 39.3 Å². The van der Waals surface area contributed by atoms with Crippen LogP contribution < -0.4 is 10.9 Å². The lowest BCUT2D eigenvalue weighted by atomic mass is 10.1. The minimum Gasteiger partial charge on any atom is -0.376 e. The molecule has 30 heavy (non-hydrogen) atoms. The SMILES string of the molecule is Cc1ccc(NC(=S)N(Cc2cc3cccc(C)c3[nH]c2=O)C[C@H]2CCCO2)cc1. The number of fused-ring (bicyclic) bond motifs is 1. The monoisotopic (exact) mass is 421 g/mol. The molecule has 3 aromatic rings. The summed E-state index contributed by atoms with van der Waals surface area (Å²) in [5, 5.41) is 4.94. The second kappa shape index (κ2) is 8.98. The zero-order chi connectivity index (χ0) is 21.1. The number of anilines is 1. The summed E-state index contributed by atoms with van der Waals surface area (Å²) in [6.45, 7) is 5.92. The van der Waals surface area contributed by atoms with Gasteiger partial charge in [0.05, 0.1) is 18.2 Å². The number of benzene rings is 2. The van der Waals surface area contributed by atoms with Gasteiger partial charge in [0.25, 0.3) is 5.56 Å². The van der Waals surface area contributed by atoms with E-state index in [9.17, 15) is 4.79 Å². The highest BCUT2D eigenvalue weighted by molar-refractivity contribution is 7.80. The van der Waals surface area contributed by atoms with Gasteiger partial charge in [0.2, 0.25) is 0 Å². The van der Waals surface area contributed by atoms with Crippen LogP contribution in [0.1, 0.15) is 29.5 Å². The molecule has 6 heteroatoms. The van der Waals surface area contributed by atoms with Crippen molar-refractivity contribution < 1.29 is 4.74 Å². The molecule has 1 aliphatic heterocycles. The molecule has 1 atom stereocenters. The van der Waals surface area contributed by atoms with E-state index >= 15 is 0 Å². The molecule has 0 radical (unpaired) electrons. The Balaban J connectivity index is 1.59. The predicted molar refractivity (Wildman–Crippen MR) is 126 cm³/mol. The lowest BCUT2D eigenvalue weighted by Crippen LogP contribution is -2.40. The van der Waals surface area contributed by atoms with Gasteiger partial charge >= 0.3 is 0 Å². The van der Waals surface area contributed by atoms with E-state index in [2.05, 4.69) is 17.2 Å². The molecule has 0 amide bonds. The van der Waals surface area contributed by atoms with Gasteiger partial charge < -0.3 is 19.9 Å². The van der Waals surface area contributed by atoms with Gasteiger partial charge in [-0.1, -0.05) is 35.9 Å². The number of nitrogens with zero attached hydrogens (tertiary/aromatic N) is 1. The number of nitrogens with one attached hydrogen (secondary N) is 2. The Morgan fingerprint density at radius 2 is 2.03 bits per heavy atom. The Hall–Kier alpha value is -2.70. The van der Waals surface area contributed by atoms with E-state index in [1.807, 2.05) is 60.4 Å². The number of hydrogen-bond donors (Lipinski definition) is 2. The van der Waals surface area contributed by atoms with Gasteiger partial charge in [-0.05, 0) is 68.1 Å². The summed E-state index contributed by atoms with van der Waals surface area (Å²) in [5.41, 5.74) is 4.69. The van der Waals surface area contributed by atoms with Crippen molar-refractivity contribution in [1.29, 1.82) is 0 Å². The highest BCUT2D eigenvalue weighted by Crippen LogP contribution is 2.19. The van der Waals surface area contributed by atoms with Gasteiger partial charge in [-0.25, -0.2) is 0 Å². The Labute approximate surface area is 182 Å². The van der Waals surface area contributed by atoms with Crippen molar-refractivity contribution in [2.24, 2.45) is 0 Å². The van der Waals surface area contributed by atoms with Gasteiger partial charge in [0.1, 0.15) is 0 Å². The first-order valence-corrected chi connectivity index (χ1v) is 10.8. The molecule has 156 valence electrons. The molecule has 0 unspecified atom stereocenters. The average Bonchev–Trinajstić information content (AvgIpc) is 3.24. The van der Waals surface area contributed by atoms with Gasteiger partial charge in [-0.3, -0.25) is 4.79 Å². The summed E-state index contributed by atoms with van der Waals surface area (Å²) in [6.07, 6.45) is 2.20. The number of hydrogen-bond acceptors (Lipinski definition) is 3. The predicted octanol–water partition coefficient (Wildman–Crippen LogP) is 4.52. The number of aryl methyl sites for hydroxylation is 2. The molecule has 0 bridgehead atoms. The van der Waals surface area contributed by atoms with Crippen LogP contribution in [0.25, 0.3) is 10.9 Å². The van der Waals surface area contributed by atoms with Gasteiger partial charge in [-0.2, -0.15) is 0 Å². The first kappa shape index (κ1) is 20.6. The number of ether oxygens (including phenoxy) is 1. The van der Waals surface area contributed by atoms with E-state index < -0.39 is 0 Å². The van der Waals surface area contributed by atoms with E-state index in [4.69, 9.17) is 17.0 Å². The van der Waals surface area contributed by atoms with Gasteiger partial charge in [0.15, 0.2) is 5.11 Å². The van der Waals surface area contributed by atoms with Crippen LogP contribution in [-0.4, -0.2) is 34.3 Å². The Morgan fingerprint density at radius 1 is 1.23 bits per heavy atom. The molecule has 1 aliphatic rings. The molecule has 2 N–H and O–H groups in total. The quantitative estimate of drug-likeness (QED) is 0.593. The number of para-hydroxylation sites is 1. The van der Waals surface area contributed by atoms with Gasteiger partial charge in [0, 0.05) is 24.4 Å². The number of H-pyrrole nitrogens is 1. The maximum Gasteiger partial charge on any atom is 0.253 e. The van der Waals surface area contributed by atoms with Crippen LogP contribution in [-0.2, 0) is 11.3 Å². The van der Waals surface area contributed by atoms with Crippen LogP contribution in [0.4, 0.5) is 5.69 Å². The molecule has 0 saturated carbocycles. The molecule has 1 saturated heterocycles. The topological polar surface area (TPSA) is 57.4 Å². The van der Waals surface area contributed by atoms with E-state index in [-0.39, 0.29) is 11.7 Å². The number of aromatic nitrogens is 1. The zero-order valence-electron chi connectivity index (χ0n) is 17.4. The minimum absolute atomic E-state index is 0.0766. The third-order valence-corrected chi connectivity index (χ3v) is 5.92. The maximum atomic E-state index is 12.8. The van der Waals surface area contributed by atoms with Crippen molar-refractivity contribution in [2.75, 3.05) is 18.5 Å². The zero-order valence-corrected chi connectivity index (χ0v) is 18.2. The van der Waals surface area contributed by atoms with Crippen LogP contribution in [0, 0.1) is 13.8 Å². The van der Waals surface area contributed by atoms with Gasteiger partial charge in [-0.15, -0.1) is 0 Å². The Bertz CT molecular complexity index is 1100. The largest absolute Gasteiger partial charge is 0.376 e. The third-order valence-electron chi connectivity index (χ3n) is 5.56. The minimum atomic E-state index is -0.0766. The average molecular weight is 422 g/mol. The first-order chi connectivity index (χ1) is 14.5. The number of rotatable bonds is 5. The van der Waals surface area contributed by atoms with Crippen molar-refractivity contribution >= 4 is 33.9 Å². The Morgan fingerprint density at radius 3 is 2.77 bits per heavy atom. The second-order valence-corrected chi connectivity index (χ2v) is 8.36. The van der Waals surface area contributed by atoms with Crippen molar-refractivity contribution in [3.63, 3.8) is 0 Å². The lowest BCUT2D eigenvalue weighted by molar-refractivity contribution is 0.0904. The lowest BCUT2D eigenvalue weighted by Gasteiger charge is -2.28. The normalized spacial score (nSPS) is 16.0. The summed E-state index contributed by atoms with van der Waals surface area (Å²) in [5.74, 6) is 0. The summed E-state index contributed by atoms with van der Waals surface area (Å²) >= 11 is 5.73. The van der Waals surface area contributed by atoms with Crippen LogP contribution in [0.15, 0.2) is 53.3 Å². The van der Waals surface area contributed by atoms with Crippen LogP contribution in [0.2, 0.25) is 0 Å². The fraction of sp³-hybridized carbons (Fsp3) is 0.333. The summed E-state index contributed by atoms with van der Waals surface area (Å²) < 4.78 is 5.84. The molecule has 0 spiro atoms. The standard InChI is InChI=1S/C24H27N3O2S/c1-16-8-10-20(11-9-16)25-24(30)27(15-21-7-4-12-29-21)14-19-13-18-6-3-5-17(2)22(18)26-23(19)28/h3,5-6,8-11,13,21H,4,7,12,14-15H2,1-2H3,(H,25,30)(H,26,28)/t21-/m1/s1. The second-order valence-electron chi connectivity index (χ2n) is 7.97. The molecule has 2 aromatic carbocycles. The van der Waals surface area contributed by atoms with Crippen LogP contribution in [0.3, 0.4) is 0 Å². The summed E-state index contributed by atoms with van der Waals surface area (Å²) in [7, 11) is 0. The van der Waals surface area contributed by atoms with Crippen molar-refractivity contribution in [3.05, 3.63) is 75.6 Å².